The van der Waals surface area contributed by atoms with Gasteiger partial charge in [-0.2, -0.15) is 0 Å². The number of nitrogens with one attached hydrogen (secondary N) is 1. The molecule has 1 saturated heterocycles. The van der Waals surface area contributed by atoms with Crippen molar-refractivity contribution in [2.45, 2.75) is 32.0 Å². The number of hydrogen-bond donors (Lipinski definition) is 1. The van der Waals surface area contributed by atoms with E-state index in [1.807, 2.05) is 0 Å². The van der Waals surface area contributed by atoms with Crippen LogP contribution in [0.5, 0.6) is 11.5 Å². The Morgan fingerprint density at radius 2 is 1.89 bits per heavy atom. The fraction of sp³-hybridized carbons (Fsp3) is 0.286. The maximum absolute atomic E-state index is 13.9. The van der Waals surface area contributed by atoms with Crippen LogP contribution in [0.4, 0.5) is 4.39 Å². The molecule has 3 heterocycles. The summed E-state index contributed by atoms with van der Waals surface area (Å²) in [6.07, 6.45) is 3.02. The average molecular weight is 520 g/mol. The van der Waals surface area contributed by atoms with Crippen LogP contribution in [0.2, 0.25) is 0 Å². The number of likely N-dealkylation sites (tertiary alicyclic amines) is 1. The lowest BCUT2D eigenvalue weighted by Crippen LogP contribution is -2.46. The van der Waals surface area contributed by atoms with Crippen LogP contribution in [0.1, 0.15) is 40.9 Å². The highest BCUT2D eigenvalue weighted by molar-refractivity contribution is 5.99. The number of amides is 2. The van der Waals surface area contributed by atoms with E-state index in [9.17, 15) is 18.8 Å². The number of aromatic nitrogens is 1. The normalized spacial score (nSPS) is 19.7. The Morgan fingerprint density at radius 3 is 2.63 bits per heavy atom. The zero-order valence-corrected chi connectivity index (χ0v) is 20.6. The lowest BCUT2D eigenvalue weighted by Gasteiger charge is -2.31. The molecule has 3 unspecified atom stereocenters. The third-order valence-electron chi connectivity index (χ3n) is 6.65. The number of fused-ring (bicyclic) bond motifs is 1. The van der Waals surface area contributed by atoms with Crippen molar-refractivity contribution in [2.75, 3.05) is 13.4 Å². The van der Waals surface area contributed by atoms with Crippen LogP contribution in [0.3, 0.4) is 0 Å². The summed E-state index contributed by atoms with van der Waals surface area (Å²) in [7, 11) is 0. The van der Waals surface area contributed by atoms with Crippen LogP contribution in [0, 0.1) is 11.7 Å². The highest BCUT2D eigenvalue weighted by Crippen LogP contribution is 2.45. The summed E-state index contributed by atoms with van der Waals surface area (Å²) >= 11 is 0. The van der Waals surface area contributed by atoms with Gasteiger partial charge in [0.1, 0.15) is 11.9 Å². The molecule has 1 fully saturated rings. The Hall–Kier alpha value is -4.47. The van der Waals surface area contributed by atoms with Gasteiger partial charge >= 0.3 is 5.97 Å². The van der Waals surface area contributed by atoms with Crippen molar-refractivity contribution < 1.29 is 33.0 Å². The van der Waals surface area contributed by atoms with Gasteiger partial charge in [-0.15, -0.1) is 0 Å². The minimum atomic E-state index is -0.979. The minimum absolute atomic E-state index is 0.0548. The first kappa shape index (κ1) is 25.2. The molecule has 0 saturated carbocycles. The number of rotatable bonds is 7. The Labute approximate surface area is 218 Å². The first-order valence-corrected chi connectivity index (χ1v) is 12.3. The molecule has 10 heteroatoms. The van der Waals surface area contributed by atoms with Gasteiger partial charge in [0.05, 0.1) is 24.1 Å². The Balaban J connectivity index is 1.52. The highest BCUT2D eigenvalue weighted by atomic mass is 19.1. The number of benzene rings is 2. The Bertz CT molecular complexity index is 1330. The summed E-state index contributed by atoms with van der Waals surface area (Å²) in [5.74, 6) is -1.54. The Kier molecular flexibility index (Phi) is 7.21. The van der Waals surface area contributed by atoms with Crippen LogP contribution in [0.15, 0.2) is 67.0 Å². The zero-order chi connectivity index (χ0) is 26.6. The molecule has 5 rings (SSSR count). The Morgan fingerprint density at radius 1 is 1.11 bits per heavy atom. The molecule has 0 radical (unpaired) electrons. The van der Waals surface area contributed by atoms with E-state index in [4.69, 9.17) is 14.2 Å². The summed E-state index contributed by atoms with van der Waals surface area (Å²) in [5.41, 5.74) is 1.58. The summed E-state index contributed by atoms with van der Waals surface area (Å²) in [6.45, 7) is 2.05. The van der Waals surface area contributed by atoms with Gasteiger partial charge in [0.2, 0.25) is 12.7 Å². The lowest BCUT2D eigenvalue weighted by molar-refractivity contribution is -0.148. The number of nitrogens with zero attached hydrogens (tertiary/aromatic N) is 2. The van der Waals surface area contributed by atoms with Gasteiger partial charge in [0.15, 0.2) is 11.5 Å². The molecule has 2 aromatic carbocycles. The molecule has 3 atom stereocenters. The van der Waals surface area contributed by atoms with Crippen LogP contribution in [-0.4, -0.2) is 47.1 Å². The smallest absolute Gasteiger partial charge is 0.311 e. The SMILES string of the molecule is CCOC(=O)C1CC(C(=O)NCc2ccc(F)cc2)N(C(=O)c2cccnc2)C1c1ccc2c(c1)OCO2. The van der Waals surface area contributed by atoms with Gasteiger partial charge < -0.3 is 24.4 Å². The molecule has 2 aliphatic heterocycles. The maximum atomic E-state index is 13.9. The molecule has 2 amide bonds. The van der Waals surface area contributed by atoms with Crippen LogP contribution in [-0.2, 0) is 20.9 Å². The third kappa shape index (κ3) is 5.02. The van der Waals surface area contributed by atoms with E-state index < -0.39 is 35.8 Å². The van der Waals surface area contributed by atoms with E-state index in [2.05, 4.69) is 10.3 Å². The number of halogens is 1. The van der Waals surface area contributed by atoms with Gasteiger partial charge in [0, 0.05) is 18.9 Å². The third-order valence-corrected chi connectivity index (χ3v) is 6.65. The molecule has 1 aromatic heterocycles. The van der Waals surface area contributed by atoms with Crippen molar-refractivity contribution in [1.29, 1.82) is 0 Å². The van der Waals surface area contributed by atoms with E-state index in [0.29, 0.717) is 22.6 Å². The van der Waals surface area contributed by atoms with Gasteiger partial charge in [-0.25, -0.2) is 4.39 Å². The quantitative estimate of drug-likeness (QED) is 0.477. The van der Waals surface area contributed by atoms with Gasteiger partial charge in [0.25, 0.3) is 5.91 Å². The van der Waals surface area contributed by atoms with Gasteiger partial charge in [-0.3, -0.25) is 19.4 Å². The monoisotopic (exact) mass is 519 g/mol. The largest absolute Gasteiger partial charge is 0.466 e. The second-order valence-electron chi connectivity index (χ2n) is 8.97. The summed E-state index contributed by atoms with van der Waals surface area (Å²) in [4.78, 5) is 46.0. The number of ether oxygens (including phenoxy) is 3. The standard InChI is InChI=1S/C28H26FN3O6/c1-2-36-28(35)21-13-22(26(33)31-14-17-5-8-20(29)9-6-17)32(27(34)19-4-3-11-30-15-19)25(21)18-7-10-23-24(12-18)38-16-37-23/h3-12,15,21-22,25H,2,13-14,16H2,1H3,(H,31,33). The summed E-state index contributed by atoms with van der Waals surface area (Å²) < 4.78 is 29.6. The fourth-order valence-corrected chi connectivity index (χ4v) is 4.88. The molecule has 3 aromatic rings. The number of esters is 1. The molecule has 9 nitrogen and oxygen atoms in total. The molecule has 196 valence electrons. The zero-order valence-electron chi connectivity index (χ0n) is 20.6. The topological polar surface area (TPSA) is 107 Å². The predicted octanol–water partition coefficient (Wildman–Crippen LogP) is 3.40. The lowest BCUT2D eigenvalue weighted by atomic mass is 9.92. The number of pyridine rings is 1. The molecule has 1 N–H and O–H groups in total. The molecule has 38 heavy (non-hydrogen) atoms. The van der Waals surface area contributed by atoms with Gasteiger partial charge in [-0.1, -0.05) is 18.2 Å². The first-order chi connectivity index (χ1) is 18.5. The molecule has 2 aliphatic rings. The van der Waals surface area contributed by atoms with E-state index >= 15 is 0 Å². The number of carbonyl (C=O) groups is 3. The van der Waals surface area contributed by atoms with Crippen molar-refractivity contribution in [2.24, 2.45) is 5.92 Å². The van der Waals surface area contributed by atoms with E-state index in [1.165, 1.54) is 23.2 Å². The maximum Gasteiger partial charge on any atom is 0.311 e. The molecule has 0 bridgehead atoms. The molecule has 0 aliphatic carbocycles. The van der Waals surface area contributed by atoms with Crippen molar-refractivity contribution in [3.05, 3.63) is 89.5 Å². The minimum Gasteiger partial charge on any atom is -0.466 e. The van der Waals surface area contributed by atoms with E-state index in [-0.39, 0.29) is 37.7 Å². The van der Waals surface area contributed by atoms with Crippen LogP contribution >= 0.6 is 0 Å². The van der Waals surface area contributed by atoms with E-state index in [1.54, 1.807) is 55.6 Å². The van der Waals surface area contributed by atoms with Crippen molar-refractivity contribution in [3.63, 3.8) is 0 Å². The molecular formula is C28H26FN3O6. The predicted molar refractivity (Wildman–Crippen MR) is 132 cm³/mol. The van der Waals surface area contributed by atoms with Crippen molar-refractivity contribution in [3.8, 4) is 11.5 Å². The molecular weight excluding hydrogens is 493 g/mol. The number of carbonyl (C=O) groups excluding carboxylic acids is 3. The first-order valence-electron chi connectivity index (χ1n) is 12.3. The van der Waals surface area contributed by atoms with Crippen molar-refractivity contribution in [1.82, 2.24) is 15.2 Å². The van der Waals surface area contributed by atoms with Gasteiger partial charge in [-0.05, 0) is 60.9 Å². The number of hydrogen-bond acceptors (Lipinski definition) is 7. The molecule has 0 spiro atoms. The van der Waals surface area contributed by atoms with Crippen molar-refractivity contribution >= 4 is 17.8 Å². The van der Waals surface area contributed by atoms with E-state index in [0.717, 1.165) is 0 Å². The fourth-order valence-electron chi connectivity index (χ4n) is 4.88. The second-order valence-corrected chi connectivity index (χ2v) is 8.97. The second kappa shape index (κ2) is 10.9. The average Bonchev–Trinajstić information content (AvgIpc) is 3.57. The summed E-state index contributed by atoms with van der Waals surface area (Å²) in [5, 5.41) is 2.83. The summed E-state index contributed by atoms with van der Waals surface area (Å²) in [6, 6.07) is 12.4. The highest BCUT2D eigenvalue weighted by Gasteiger charge is 2.51. The van der Waals surface area contributed by atoms with Crippen LogP contribution in [0.25, 0.3) is 0 Å². The van der Waals surface area contributed by atoms with Crippen LogP contribution < -0.4 is 14.8 Å².